The van der Waals surface area contributed by atoms with Crippen molar-refractivity contribution in [2.24, 2.45) is 0 Å². The molecule has 0 saturated heterocycles. The molecule has 166 valence electrons. The molecule has 32 heavy (non-hydrogen) atoms. The first-order chi connectivity index (χ1) is 15.3. The zero-order chi connectivity index (χ0) is 23.3. The molecule has 8 nitrogen and oxygen atoms in total. The molecule has 2 amide bonds. The van der Waals surface area contributed by atoms with E-state index in [2.05, 4.69) is 25.8 Å². The second kappa shape index (κ2) is 10.6. The molecule has 0 unspecified atom stereocenters. The number of benzene rings is 2. The summed E-state index contributed by atoms with van der Waals surface area (Å²) in [5.74, 6) is -0.505. The number of nitrogens with zero attached hydrogens (tertiary/aromatic N) is 2. The Morgan fingerprint density at radius 1 is 1.03 bits per heavy atom. The molecule has 2 aromatic carbocycles. The summed E-state index contributed by atoms with van der Waals surface area (Å²) >= 11 is 12.8. The maximum Gasteiger partial charge on any atom is 0.278 e. The highest BCUT2D eigenvalue weighted by Gasteiger charge is 2.15. The van der Waals surface area contributed by atoms with Crippen LogP contribution in [-0.4, -0.2) is 32.7 Å². The van der Waals surface area contributed by atoms with Crippen LogP contribution in [-0.2, 0) is 9.59 Å². The lowest BCUT2D eigenvalue weighted by Gasteiger charge is -2.11. The fourth-order valence-electron chi connectivity index (χ4n) is 2.67. The van der Waals surface area contributed by atoms with Crippen molar-refractivity contribution in [1.29, 1.82) is 0 Å². The number of rotatable bonds is 7. The quantitative estimate of drug-likeness (QED) is 0.418. The van der Waals surface area contributed by atoms with E-state index in [-0.39, 0.29) is 28.4 Å². The number of amides is 2. The van der Waals surface area contributed by atoms with Gasteiger partial charge in [-0.05, 0) is 37.3 Å². The predicted octanol–water partition coefficient (Wildman–Crippen LogP) is 4.53. The topological polar surface area (TPSA) is 117 Å². The molecule has 0 aliphatic rings. The van der Waals surface area contributed by atoms with Gasteiger partial charge in [0.15, 0.2) is 10.9 Å². The summed E-state index contributed by atoms with van der Waals surface area (Å²) in [6.45, 7) is 3.60. The summed E-state index contributed by atoms with van der Waals surface area (Å²) in [6, 6.07) is 10.0. The van der Waals surface area contributed by atoms with Crippen LogP contribution in [0.1, 0.15) is 18.9 Å². The van der Waals surface area contributed by atoms with E-state index in [4.69, 9.17) is 23.2 Å². The molecule has 3 N–H and O–H groups in total. The number of carbonyl (C=O) groups is 2. The Bertz CT molecular complexity index is 1230. The lowest BCUT2D eigenvalue weighted by Crippen LogP contribution is -2.18. The number of carbonyl (C=O) groups excluding carboxylic acids is 2. The molecule has 0 aliphatic carbocycles. The molecule has 1 heterocycles. The van der Waals surface area contributed by atoms with Gasteiger partial charge in [0.2, 0.25) is 11.8 Å². The van der Waals surface area contributed by atoms with Crippen LogP contribution in [0.3, 0.4) is 0 Å². The third-order valence-electron chi connectivity index (χ3n) is 4.25. The maximum absolute atomic E-state index is 12.7. The number of aromatic nitrogens is 3. The normalized spacial score (nSPS) is 10.6. The molecule has 3 rings (SSSR count). The Balaban J connectivity index is 1.72. The highest BCUT2D eigenvalue weighted by atomic mass is 35.5. The molecule has 3 aromatic rings. The molecule has 0 spiro atoms. The fourth-order valence-corrected chi connectivity index (χ4v) is 3.57. The Kier molecular flexibility index (Phi) is 7.89. The Morgan fingerprint density at radius 3 is 2.50 bits per heavy atom. The SMILES string of the molecule is CCC(=O)Nc1ccc(C)cc1-c1nnc(SCC(=O)Nc2ccc(Cl)c(Cl)c2)[nH]c1=O. The number of aromatic amines is 1. The van der Waals surface area contributed by atoms with E-state index in [0.29, 0.717) is 33.4 Å². The van der Waals surface area contributed by atoms with Crippen molar-refractivity contribution in [2.45, 2.75) is 25.4 Å². The van der Waals surface area contributed by atoms with Gasteiger partial charge in [-0.25, -0.2) is 0 Å². The van der Waals surface area contributed by atoms with Crippen LogP contribution in [0.2, 0.25) is 10.0 Å². The maximum atomic E-state index is 12.7. The van der Waals surface area contributed by atoms with E-state index in [0.717, 1.165) is 17.3 Å². The number of anilines is 2. The monoisotopic (exact) mass is 491 g/mol. The number of hydrogen-bond acceptors (Lipinski definition) is 6. The number of thioether (sulfide) groups is 1. The number of H-pyrrole nitrogens is 1. The molecule has 0 radical (unpaired) electrons. The van der Waals surface area contributed by atoms with Crippen LogP contribution in [0.25, 0.3) is 11.3 Å². The third kappa shape index (κ3) is 6.09. The summed E-state index contributed by atoms with van der Waals surface area (Å²) in [6.07, 6.45) is 0.301. The van der Waals surface area contributed by atoms with Gasteiger partial charge >= 0.3 is 0 Å². The standard InChI is InChI=1S/C21H19Cl2N5O3S/c1-3-17(29)25-16-7-4-11(2)8-13(16)19-20(31)26-21(28-27-19)32-10-18(30)24-12-5-6-14(22)15(23)9-12/h4-9H,3,10H2,1-2H3,(H,24,30)(H,25,29)(H,26,28,31). The van der Waals surface area contributed by atoms with Crippen molar-refractivity contribution in [2.75, 3.05) is 16.4 Å². The van der Waals surface area contributed by atoms with Gasteiger partial charge in [-0.3, -0.25) is 19.4 Å². The van der Waals surface area contributed by atoms with E-state index in [1.165, 1.54) is 0 Å². The molecule has 0 bridgehead atoms. The lowest BCUT2D eigenvalue weighted by atomic mass is 10.1. The van der Waals surface area contributed by atoms with Crippen LogP contribution in [0.4, 0.5) is 11.4 Å². The minimum atomic E-state index is -0.481. The van der Waals surface area contributed by atoms with Crippen molar-refractivity contribution in [3.63, 3.8) is 0 Å². The summed E-state index contributed by atoms with van der Waals surface area (Å²) in [7, 11) is 0. The second-order valence-electron chi connectivity index (χ2n) is 6.72. The van der Waals surface area contributed by atoms with E-state index in [1.54, 1.807) is 37.3 Å². The highest BCUT2D eigenvalue weighted by molar-refractivity contribution is 7.99. The lowest BCUT2D eigenvalue weighted by molar-refractivity contribution is -0.116. The first-order valence-corrected chi connectivity index (χ1v) is 11.3. The highest BCUT2D eigenvalue weighted by Crippen LogP contribution is 2.27. The molecular formula is C21H19Cl2N5O3S. The zero-order valence-electron chi connectivity index (χ0n) is 17.2. The van der Waals surface area contributed by atoms with E-state index < -0.39 is 5.56 Å². The van der Waals surface area contributed by atoms with Crippen molar-refractivity contribution in [1.82, 2.24) is 15.2 Å². The first-order valence-electron chi connectivity index (χ1n) is 9.52. The summed E-state index contributed by atoms with van der Waals surface area (Å²) in [5, 5.41) is 14.4. The minimum absolute atomic E-state index is 0.00748. The molecule has 0 aliphatic heterocycles. The Labute approximate surface area is 198 Å². The van der Waals surface area contributed by atoms with Gasteiger partial charge in [-0.1, -0.05) is 53.5 Å². The van der Waals surface area contributed by atoms with Gasteiger partial charge < -0.3 is 10.6 Å². The molecule has 0 fully saturated rings. The van der Waals surface area contributed by atoms with Crippen molar-refractivity contribution >= 4 is 58.2 Å². The van der Waals surface area contributed by atoms with Crippen LogP contribution in [0.5, 0.6) is 0 Å². The van der Waals surface area contributed by atoms with Crippen LogP contribution in [0, 0.1) is 6.92 Å². The Morgan fingerprint density at radius 2 is 1.81 bits per heavy atom. The van der Waals surface area contributed by atoms with Gasteiger partial charge in [-0.15, -0.1) is 10.2 Å². The number of nitrogens with one attached hydrogen (secondary N) is 3. The summed E-state index contributed by atoms with van der Waals surface area (Å²) < 4.78 is 0. The molecule has 11 heteroatoms. The van der Waals surface area contributed by atoms with Crippen LogP contribution < -0.4 is 16.2 Å². The van der Waals surface area contributed by atoms with Crippen molar-refractivity contribution in [3.05, 3.63) is 62.4 Å². The van der Waals surface area contributed by atoms with E-state index in [1.807, 2.05) is 13.0 Å². The largest absolute Gasteiger partial charge is 0.325 e. The van der Waals surface area contributed by atoms with Crippen LogP contribution in [0.15, 0.2) is 46.3 Å². The number of hydrogen-bond donors (Lipinski definition) is 3. The zero-order valence-corrected chi connectivity index (χ0v) is 19.5. The first kappa shape index (κ1) is 23.8. The smallest absolute Gasteiger partial charge is 0.278 e. The number of aryl methyl sites for hydroxylation is 1. The minimum Gasteiger partial charge on any atom is -0.325 e. The van der Waals surface area contributed by atoms with Gasteiger partial charge in [0.25, 0.3) is 5.56 Å². The third-order valence-corrected chi connectivity index (χ3v) is 5.85. The Hall–Kier alpha value is -2.88. The second-order valence-corrected chi connectivity index (χ2v) is 8.50. The van der Waals surface area contributed by atoms with E-state index in [9.17, 15) is 14.4 Å². The van der Waals surface area contributed by atoms with Gasteiger partial charge in [0.1, 0.15) is 0 Å². The molecular weight excluding hydrogens is 473 g/mol. The fraction of sp³-hybridized carbons (Fsp3) is 0.190. The average molecular weight is 492 g/mol. The molecule has 0 saturated carbocycles. The van der Waals surface area contributed by atoms with Gasteiger partial charge in [0, 0.05) is 17.7 Å². The molecule has 0 atom stereocenters. The average Bonchev–Trinajstić information content (AvgIpc) is 2.76. The van der Waals surface area contributed by atoms with Crippen molar-refractivity contribution < 1.29 is 9.59 Å². The van der Waals surface area contributed by atoms with E-state index >= 15 is 0 Å². The van der Waals surface area contributed by atoms with Crippen molar-refractivity contribution in [3.8, 4) is 11.3 Å². The molecule has 1 aromatic heterocycles. The summed E-state index contributed by atoms with van der Waals surface area (Å²) in [4.78, 5) is 39.3. The van der Waals surface area contributed by atoms with Gasteiger partial charge in [0.05, 0.1) is 21.5 Å². The summed E-state index contributed by atoms with van der Waals surface area (Å²) in [5.41, 5.74) is 1.93. The predicted molar refractivity (Wildman–Crippen MR) is 128 cm³/mol. The van der Waals surface area contributed by atoms with Crippen LogP contribution >= 0.6 is 35.0 Å². The van der Waals surface area contributed by atoms with Gasteiger partial charge in [-0.2, -0.15) is 0 Å². The number of halogens is 2.